The van der Waals surface area contributed by atoms with Gasteiger partial charge in [-0.15, -0.1) is 0 Å². The maximum Gasteiger partial charge on any atom is 0.336 e. The fourth-order valence-corrected chi connectivity index (χ4v) is 3.12. The molecule has 0 saturated heterocycles. The lowest BCUT2D eigenvalue weighted by molar-refractivity contribution is -0.118. The van der Waals surface area contributed by atoms with Crippen LogP contribution in [0.3, 0.4) is 0 Å². The van der Waals surface area contributed by atoms with Crippen molar-refractivity contribution in [2.24, 2.45) is 0 Å². The van der Waals surface area contributed by atoms with E-state index in [-0.39, 0.29) is 12.5 Å². The van der Waals surface area contributed by atoms with E-state index in [9.17, 15) is 9.59 Å². The third kappa shape index (κ3) is 4.64. The molecule has 28 heavy (non-hydrogen) atoms. The van der Waals surface area contributed by atoms with Gasteiger partial charge in [0, 0.05) is 23.2 Å². The first-order chi connectivity index (χ1) is 13.5. The Kier molecular flexibility index (Phi) is 6.21. The van der Waals surface area contributed by atoms with E-state index in [1.165, 1.54) is 13.2 Å². The minimum Gasteiger partial charge on any atom is -0.495 e. The zero-order valence-electron chi connectivity index (χ0n) is 15.6. The first-order valence-electron chi connectivity index (χ1n) is 8.83. The molecule has 3 rings (SSSR count). The second-order valence-electron chi connectivity index (χ2n) is 6.18. The molecular weight excluding hydrogens is 382 g/mol. The highest BCUT2D eigenvalue weighted by Gasteiger charge is 2.09. The van der Waals surface area contributed by atoms with Crippen molar-refractivity contribution in [2.75, 3.05) is 19.0 Å². The lowest BCUT2D eigenvalue weighted by atomic mass is 10.1. The van der Waals surface area contributed by atoms with E-state index in [1.54, 1.807) is 30.3 Å². The van der Waals surface area contributed by atoms with Gasteiger partial charge in [0.15, 0.2) is 6.61 Å². The minimum atomic E-state index is -0.401. The van der Waals surface area contributed by atoms with Gasteiger partial charge in [-0.1, -0.05) is 24.9 Å². The molecule has 0 unspecified atom stereocenters. The summed E-state index contributed by atoms with van der Waals surface area (Å²) in [6.45, 7) is 1.85. The summed E-state index contributed by atoms with van der Waals surface area (Å²) in [6, 6.07) is 11.7. The normalized spacial score (nSPS) is 10.7. The molecule has 0 bridgehead atoms. The van der Waals surface area contributed by atoms with Crippen LogP contribution >= 0.6 is 11.6 Å². The van der Waals surface area contributed by atoms with E-state index in [1.807, 2.05) is 13.0 Å². The van der Waals surface area contributed by atoms with Crippen LogP contribution in [-0.4, -0.2) is 19.6 Å². The molecule has 6 nitrogen and oxygen atoms in total. The Balaban J connectivity index is 1.68. The summed E-state index contributed by atoms with van der Waals surface area (Å²) in [6.07, 6.45) is 1.71. The lowest BCUT2D eigenvalue weighted by Crippen LogP contribution is -2.20. The monoisotopic (exact) mass is 401 g/mol. The van der Waals surface area contributed by atoms with Crippen molar-refractivity contribution in [1.29, 1.82) is 0 Å². The number of ether oxygens (including phenoxy) is 2. The number of fused-ring (bicyclic) bond motifs is 1. The molecule has 0 aliphatic heterocycles. The molecule has 1 heterocycles. The van der Waals surface area contributed by atoms with Crippen molar-refractivity contribution in [3.8, 4) is 11.5 Å². The summed E-state index contributed by atoms with van der Waals surface area (Å²) in [5, 5.41) is 3.96. The summed E-state index contributed by atoms with van der Waals surface area (Å²) in [7, 11) is 1.52. The molecule has 146 valence electrons. The van der Waals surface area contributed by atoms with Crippen LogP contribution in [0.15, 0.2) is 51.7 Å². The molecule has 2 aromatic carbocycles. The number of methoxy groups -OCH3 is 1. The van der Waals surface area contributed by atoms with Gasteiger partial charge < -0.3 is 19.2 Å². The maximum absolute atomic E-state index is 12.1. The van der Waals surface area contributed by atoms with Gasteiger partial charge in [-0.05, 0) is 42.3 Å². The highest BCUT2D eigenvalue weighted by Crippen LogP contribution is 2.27. The fraction of sp³-hybridized carbons (Fsp3) is 0.238. The van der Waals surface area contributed by atoms with Gasteiger partial charge in [-0.3, -0.25) is 4.79 Å². The summed E-state index contributed by atoms with van der Waals surface area (Å²) >= 11 is 6.05. The summed E-state index contributed by atoms with van der Waals surface area (Å²) in [4.78, 5) is 23.9. The standard InChI is InChI=1S/C21H20ClNO5/c1-3-4-13-9-21(25)28-19-11-15(6-7-16(13)19)27-12-20(24)23-14-5-8-18(26-2)17(22)10-14/h5-11H,3-4,12H2,1-2H3,(H,23,24). The fourth-order valence-electron chi connectivity index (χ4n) is 2.87. The molecule has 1 aromatic heterocycles. The van der Waals surface area contributed by atoms with E-state index >= 15 is 0 Å². The topological polar surface area (TPSA) is 77.8 Å². The van der Waals surface area contributed by atoms with Gasteiger partial charge >= 0.3 is 5.63 Å². The van der Waals surface area contributed by atoms with E-state index in [4.69, 9.17) is 25.5 Å². The van der Waals surface area contributed by atoms with Crippen molar-refractivity contribution < 1.29 is 18.7 Å². The average Bonchev–Trinajstić information content (AvgIpc) is 2.66. The molecule has 0 spiro atoms. The van der Waals surface area contributed by atoms with Crippen LogP contribution in [0.2, 0.25) is 5.02 Å². The van der Waals surface area contributed by atoms with E-state index < -0.39 is 5.63 Å². The first kappa shape index (κ1) is 19.8. The zero-order chi connectivity index (χ0) is 20.1. The summed E-state index contributed by atoms with van der Waals surface area (Å²) in [5.41, 5.74) is 1.51. The average molecular weight is 402 g/mol. The third-order valence-corrected chi connectivity index (χ3v) is 4.42. The van der Waals surface area contributed by atoms with Crippen LogP contribution in [0.1, 0.15) is 18.9 Å². The number of benzene rings is 2. The number of halogens is 1. The zero-order valence-corrected chi connectivity index (χ0v) is 16.3. The Morgan fingerprint density at radius 3 is 2.71 bits per heavy atom. The predicted octanol–water partition coefficient (Wildman–Crippen LogP) is 4.43. The Hall–Kier alpha value is -2.99. The van der Waals surface area contributed by atoms with E-state index in [2.05, 4.69) is 5.32 Å². The Bertz CT molecular complexity index is 1060. The number of hydrogen-bond donors (Lipinski definition) is 1. The SMILES string of the molecule is CCCc1cc(=O)oc2cc(OCC(=O)Nc3ccc(OC)c(Cl)c3)ccc12. The van der Waals surface area contributed by atoms with Gasteiger partial charge in [0.25, 0.3) is 5.91 Å². The van der Waals surface area contributed by atoms with Crippen LogP contribution in [-0.2, 0) is 11.2 Å². The Morgan fingerprint density at radius 1 is 1.18 bits per heavy atom. The number of hydrogen-bond acceptors (Lipinski definition) is 5. The van der Waals surface area contributed by atoms with Gasteiger partial charge in [-0.2, -0.15) is 0 Å². The number of amides is 1. The van der Waals surface area contributed by atoms with Crippen LogP contribution in [0.25, 0.3) is 11.0 Å². The highest BCUT2D eigenvalue weighted by molar-refractivity contribution is 6.32. The van der Waals surface area contributed by atoms with Gasteiger partial charge in [-0.25, -0.2) is 4.79 Å². The second-order valence-corrected chi connectivity index (χ2v) is 6.59. The number of carbonyl (C=O) groups excluding carboxylic acids is 1. The molecule has 1 N–H and O–H groups in total. The molecular formula is C21H20ClNO5. The molecule has 0 aliphatic rings. The van der Waals surface area contributed by atoms with Crippen LogP contribution in [0, 0.1) is 0 Å². The van der Waals surface area contributed by atoms with Crippen LogP contribution < -0.4 is 20.4 Å². The van der Waals surface area contributed by atoms with E-state index in [0.29, 0.717) is 27.8 Å². The second kappa shape index (κ2) is 8.80. The summed E-state index contributed by atoms with van der Waals surface area (Å²) in [5.74, 6) is 0.616. The van der Waals surface area contributed by atoms with Crippen molar-refractivity contribution in [3.05, 3.63) is 63.5 Å². The van der Waals surface area contributed by atoms with E-state index in [0.717, 1.165) is 23.8 Å². The van der Waals surface area contributed by atoms with Gasteiger partial charge in [0.05, 0.1) is 12.1 Å². The lowest BCUT2D eigenvalue weighted by Gasteiger charge is -2.10. The molecule has 7 heteroatoms. The largest absolute Gasteiger partial charge is 0.495 e. The van der Waals surface area contributed by atoms with Crippen LogP contribution in [0.4, 0.5) is 5.69 Å². The number of nitrogens with one attached hydrogen (secondary N) is 1. The smallest absolute Gasteiger partial charge is 0.336 e. The number of carbonyl (C=O) groups is 1. The molecule has 3 aromatic rings. The number of aryl methyl sites for hydroxylation is 1. The third-order valence-electron chi connectivity index (χ3n) is 4.13. The maximum atomic E-state index is 12.1. The van der Waals surface area contributed by atoms with Gasteiger partial charge in [0.1, 0.15) is 17.1 Å². The van der Waals surface area contributed by atoms with Gasteiger partial charge in [0.2, 0.25) is 0 Å². The minimum absolute atomic E-state index is 0.200. The Morgan fingerprint density at radius 2 is 2.00 bits per heavy atom. The quantitative estimate of drug-likeness (QED) is 0.593. The summed E-state index contributed by atoms with van der Waals surface area (Å²) < 4.78 is 15.9. The van der Waals surface area contributed by atoms with Crippen LogP contribution in [0.5, 0.6) is 11.5 Å². The molecule has 0 aliphatic carbocycles. The van der Waals surface area contributed by atoms with Crippen molar-refractivity contribution in [2.45, 2.75) is 19.8 Å². The molecule has 0 saturated carbocycles. The Labute approximate surface area is 167 Å². The van der Waals surface area contributed by atoms with Crippen molar-refractivity contribution >= 4 is 34.2 Å². The first-order valence-corrected chi connectivity index (χ1v) is 9.21. The predicted molar refractivity (Wildman–Crippen MR) is 109 cm³/mol. The molecule has 0 radical (unpaired) electrons. The molecule has 1 amide bonds. The number of anilines is 1. The number of rotatable bonds is 7. The van der Waals surface area contributed by atoms with Crippen molar-refractivity contribution in [3.63, 3.8) is 0 Å². The van der Waals surface area contributed by atoms with Crippen molar-refractivity contribution in [1.82, 2.24) is 0 Å². The highest BCUT2D eigenvalue weighted by atomic mass is 35.5. The molecule has 0 fully saturated rings. The molecule has 0 atom stereocenters.